The van der Waals surface area contributed by atoms with Crippen molar-refractivity contribution in [1.82, 2.24) is 10.2 Å². The van der Waals surface area contributed by atoms with Gasteiger partial charge >= 0.3 is 0 Å². The van der Waals surface area contributed by atoms with E-state index in [1.807, 2.05) is 6.07 Å². The molecule has 0 heterocycles. The third kappa shape index (κ3) is 4.51. The van der Waals surface area contributed by atoms with Crippen LogP contribution in [0.4, 0.5) is 4.39 Å². The summed E-state index contributed by atoms with van der Waals surface area (Å²) in [4.78, 5) is 29.4. The van der Waals surface area contributed by atoms with Gasteiger partial charge in [0.15, 0.2) is 5.96 Å². The second kappa shape index (κ2) is 9.17. The van der Waals surface area contributed by atoms with Crippen LogP contribution in [-0.4, -0.2) is 48.4 Å². The number of phenolic OH excluding ortho intramolecular Hbond substituents is 1. The summed E-state index contributed by atoms with van der Waals surface area (Å²) < 4.78 is 14.1. The quantitative estimate of drug-likeness (QED) is 0.508. The van der Waals surface area contributed by atoms with E-state index in [-0.39, 0.29) is 29.1 Å². The molecular weight excluding hydrogens is 391 g/mol. The average molecular weight is 408 g/mol. The Hall–Kier alpha value is -4.44. The highest BCUT2D eigenvalue weighted by Gasteiger charge is 2.24. The van der Waals surface area contributed by atoms with E-state index >= 15 is 0 Å². The fourth-order valence-corrected chi connectivity index (χ4v) is 2.55. The van der Waals surface area contributed by atoms with E-state index in [1.165, 1.54) is 37.2 Å². The van der Waals surface area contributed by atoms with Gasteiger partial charge in [0.1, 0.15) is 24.2 Å². The number of nitrogens with one attached hydrogen (secondary N) is 1. The molecule has 0 saturated heterocycles. The molecule has 30 heavy (non-hydrogen) atoms. The van der Waals surface area contributed by atoms with Crippen LogP contribution in [0.25, 0.3) is 11.1 Å². The van der Waals surface area contributed by atoms with E-state index in [2.05, 4.69) is 10.3 Å². The molecule has 0 aliphatic rings. The van der Waals surface area contributed by atoms with Crippen LogP contribution in [-0.2, 0) is 4.79 Å². The van der Waals surface area contributed by atoms with E-state index in [4.69, 9.17) is 5.73 Å². The van der Waals surface area contributed by atoms with Crippen LogP contribution in [0.3, 0.4) is 0 Å². The van der Waals surface area contributed by atoms with Gasteiger partial charge < -0.3 is 15.7 Å². The van der Waals surface area contributed by atoms with Gasteiger partial charge in [-0.15, -0.1) is 0 Å². The Labute approximate surface area is 171 Å². The molecule has 9 nitrogen and oxygen atoms in total. The summed E-state index contributed by atoms with van der Waals surface area (Å²) in [5, 5.41) is 31.3. The summed E-state index contributed by atoms with van der Waals surface area (Å²) in [6, 6.07) is 9.62. The monoisotopic (exact) mass is 408 g/mol. The smallest absolute Gasteiger partial charge is 0.262 e. The fraction of sp³-hybridized carbons (Fsp3) is 0.150. The van der Waals surface area contributed by atoms with Crippen molar-refractivity contribution in [3.8, 4) is 29.0 Å². The number of carbonyl (C=O) groups excluding carboxylic acids is 2. The lowest BCUT2D eigenvalue weighted by Crippen LogP contribution is -2.38. The van der Waals surface area contributed by atoms with Crippen LogP contribution in [0, 0.1) is 28.5 Å². The van der Waals surface area contributed by atoms with Gasteiger partial charge in [-0.25, -0.2) is 9.38 Å². The molecule has 0 bridgehead atoms. The highest BCUT2D eigenvalue weighted by atomic mass is 19.1. The van der Waals surface area contributed by atoms with Crippen molar-refractivity contribution in [1.29, 1.82) is 10.5 Å². The average Bonchev–Trinajstić information content (AvgIpc) is 2.71. The molecule has 0 saturated carbocycles. The van der Waals surface area contributed by atoms with Gasteiger partial charge in [0.05, 0.1) is 22.8 Å². The Balaban J connectivity index is 2.57. The molecule has 0 spiro atoms. The molecule has 2 aromatic rings. The van der Waals surface area contributed by atoms with Crippen molar-refractivity contribution in [3.05, 3.63) is 52.8 Å². The number of carbonyl (C=O) groups is 2. The number of hydrogen-bond donors (Lipinski definition) is 3. The summed E-state index contributed by atoms with van der Waals surface area (Å²) in [6.07, 6.45) is 0. The second-order valence-corrected chi connectivity index (χ2v) is 6.21. The van der Waals surface area contributed by atoms with E-state index < -0.39 is 34.6 Å². The normalized spacial score (nSPS) is 10.6. The van der Waals surface area contributed by atoms with Gasteiger partial charge in [0, 0.05) is 25.2 Å². The number of benzene rings is 2. The lowest BCUT2D eigenvalue weighted by molar-refractivity contribution is -0.127. The molecule has 0 radical (unpaired) electrons. The molecular formula is C20H17FN6O3. The molecule has 0 aliphatic carbocycles. The molecule has 0 fully saturated rings. The second-order valence-electron chi connectivity index (χ2n) is 6.21. The van der Waals surface area contributed by atoms with Crippen molar-refractivity contribution >= 4 is 17.8 Å². The number of aliphatic imine (C=N–C) groups is 1. The number of nitrogens with zero attached hydrogens (tertiary/aromatic N) is 4. The Morgan fingerprint density at radius 1 is 1.23 bits per heavy atom. The van der Waals surface area contributed by atoms with Crippen molar-refractivity contribution in [2.75, 3.05) is 20.6 Å². The van der Waals surface area contributed by atoms with Gasteiger partial charge in [-0.2, -0.15) is 10.5 Å². The van der Waals surface area contributed by atoms with Crippen LogP contribution in [0.2, 0.25) is 0 Å². The predicted molar refractivity (Wildman–Crippen MR) is 106 cm³/mol. The predicted octanol–water partition coefficient (Wildman–Crippen LogP) is 1.07. The highest BCUT2D eigenvalue weighted by molar-refractivity contribution is 6.11. The molecule has 0 unspecified atom stereocenters. The maximum atomic E-state index is 14.1. The van der Waals surface area contributed by atoms with Crippen LogP contribution in [0.15, 0.2) is 35.3 Å². The van der Waals surface area contributed by atoms with Gasteiger partial charge in [-0.1, -0.05) is 12.1 Å². The largest absolute Gasteiger partial charge is 0.507 e. The number of amides is 2. The van der Waals surface area contributed by atoms with Crippen LogP contribution >= 0.6 is 0 Å². The SMILES string of the molecule is CN(C)C(=O)CN=C(N)NC(=O)c1c(O)ccc(C#N)c1-c1cccc(F)c1C#N. The zero-order valence-electron chi connectivity index (χ0n) is 16.1. The van der Waals surface area contributed by atoms with E-state index in [0.717, 1.165) is 12.1 Å². The zero-order chi connectivity index (χ0) is 22.4. The standard InChI is InChI=1S/C20H17FN6O3/c1-27(2)16(29)10-25-20(24)26-19(30)18-15(28)7-6-11(8-22)17(18)12-4-3-5-14(21)13(12)9-23/h3-7,28H,10H2,1-2H3,(H3,24,25,26,30). The molecule has 0 atom stereocenters. The first-order valence-corrected chi connectivity index (χ1v) is 8.47. The van der Waals surface area contributed by atoms with Crippen LogP contribution in [0.1, 0.15) is 21.5 Å². The Kier molecular flexibility index (Phi) is 6.68. The Morgan fingerprint density at radius 2 is 1.93 bits per heavy atom. The van der Waals surface area contributed by atoms with Crippen molar-refractivity contribution in [2.45, 2.75) is 0 Å². The first kappa shape index (κ1) is 21.9. The lowest BCUT2D eigenvalue weighted by Gasteiger charge is -2.15. The molecule has 10 heteroatoms. The minimum Gasteiger partial charge on any atom is -0.507 e. The third-order valence-electron chi connectivity index (χ3n) is 4.05. The molecule has 152 valence electrons. The van der Waals surface area contributed by atoms with E-state index in [1.54, 1.807) is 6.07 Å². The van der Waals surface area contributed by atoms with Crippen LogP contribution < -0.4 is 11.1 Å². The molecule has 2 rings (SSSR count). The molecule has 2 amide bonds. The minimum absolute atomic E-state index is 0.0478. The number of nitriles is 2. The van der Waals surface area contributed by atoms with E-state index in [0.29, 0.717) is 0 Å². The Morgan fingerprint density at radius 3 is 2.53 bits per heavy atom. The number of rotatable bonds is 4. The number of guanidine groups is 1. The van der Waals surface area contributed by atoms with Gasteiger partial charge in [-0.3, -0.25) is 14.9 Å². The first-order valence-electron chi connectivity index (χ1n) is 8.47. The topological polar surface area (TPSA) is 156 Å². The van der Waals surface area contributed by atoms with Gasteiger partial charge in [0.2, 0.25) is 5.91 Å². The van der Waals surface area contributed by atoms with Crippen molar-refractivity contribution in [2.24, 2.45) is 10.7 Å². The number of nitrogens with two attached hydrogens (primary N) is 1. The number of halogens is 1. The highest BCUT2D eigenvalue weighted by Crippen LogP contribution is 2.35. The van der Waals surface area contributed by atoms with Crippen molar-refractivity contribution < 1.29 is 19.1 Å². The summed E-state index contributed by atoms with van der Waals surface area (Å²) in [5.74, 6) is -3.08. The first-order chi connectivity index (χ1) is 14.2. The molecule has 0 aliphatic heterocycles. The maximum Gasteiger partial charge on any atom is 0.262 e. The fourth-order valence-electron chi connectivity index (χ4n) is 2.55. The number of likely N-dealkylation sites (N-methyl/N-ethyl adjacent to an activating group) is 1. The molecule has 4 N–H and O–H groups in total. The maximum absolute atomic E-state index is 14.1. The lowest BCUT2D eigenvalue weighted by atomic mass is 9.90. The molecule has 2 aromatic carbocycles. The number of phenols is 1. The van der Waals surface area contributed by atoms with Crippen LogP contribution in [0.5, 0.6) is 5.75 Å². The summed E-state index contributed by atoms with van der Waals surface area (Å²) in [7, 11) is 3.05. The van der Waals surface area contributed by atoms with Crippen molar-refractivity contribution in [3.63, 3.8) is 0 Å². The van der Waals surface area contributed by atoms with E-state index in [9.17, 15) is 29.6 Å². The summed E-state index contributed by atoms with van der Waals surface area (Å²) in [6.45, 7) is -0.321. The molecule has 0 aromatic heterocycles. The minimum atomic E-state index is -0.952. The number of hydrogen-bond acceptors (Lipinski definition) is 6. The summed E-state index contributed by atoms with van der Waals surface area (Å²) >= 11 is 0. The number of aromatic hydroxyl groups is 1. The Bertz CT molecular complexity index is 1130. The third-order valence-corrected chi connectivity index (χ3v) is 4.05. The zero-order valence-corrected chi connectivity index (χ0v) is 16.1. The summed E-state index contributed by atoms with van der Waals surface area (Å²) in [5.41, 5.74) is 4.59. The van der Waals surface area contributed by atoms with Gasteiger partial charge in [0.25, 0.3) is 5.91 Å². The van der Waals surface area contributed by atoms with Gasteiger partial charge in [-0.05, 0) is 18.2 Å².